The standard InChI is InChI=1S/C10H9BrFN3/c1-13-10-14-4-5-15(10)7-2-3-8(11)9(12)6-7/h2-6H,1H3,(H,13,14). The molecule has 0 aliphatic rings. The molecule has 1 aromatic carbocycles. The molecular formula is C10H9BrFN3. The lowest BCUT2D eigenvalue weighted by Crippen LogP contribution is -2.00. The maximum Gasteiger partial charge on any atom is 0.207 e. The molecule has 1 heterocycles. The molecule has 0 aliphatic carbocycles. The van der Waals surface area contributed by atoms with E-state index in [0.717, 1.165) is 5.69 Å². The molecule has 0 unspecified atom stereocenters. The van der Waals surface area contributed by atoms with Crippen molar-refractivity contribution in [1.29, 1.82) is 0 Å². The second kappa shape index (κ2) is 4.02. The van der Waals surface area contributed by atoms with Crippen molar-refractivity contribution in [1.82, 2.24) is 9.55 Å². The van der Waals surface area contributed by atoms with Gasteiger partial charge in [-0.1, -0.05) is 0 Å². The van der Waals surface area contributed by atoms with Crippen molar-refractivity contribution < 1.29 is 4.39 Å². The third-order valence-electron chi connectivity index (χ3n) is 2.05. The van der Waals surface area contributed by atoms with Gasteiger partial charge in [-0.2, -0.15) is 0 Å². The van der Waals surface area contributed by atoms with Gasteiger partial charge in [-0.05, 0) is 34.1 Å². The van der Waals surface area contributed by atoms with E-state index < -0.39 is 0 Å². The smallest absolute Gasteiger partial charge is 0.207 e. The summed E-state index contributed by atoms with van der Waals surface area (Å²) in [4.78, 5) is 4.08. The van der Waals surface area contributed by atoms with E-state index in [0.29, 0.717) is 10.4 Å². The molecule has 0 bridgehead atoms. The lowest BCUT2D eigenvalue weighted by Gasteiger charge is -2.07. The summed E-state index contributed by atoms with van der Waals surface area (Å²) in [5.74, 6) is 0.389. The van der Waals surface area contributed by atoms with Crippen LogP contribution in [0.1, 0.15) is 0 Å². The van der Waals surface area contributed by atoms with Gasteiger partial charge in [-0.25, -0.2) is 9.37 Å². The van der Waals surface area contributed by atoms with Gasteiger partial charge in [0.2, 0.25) is 5.95 Å². The number of hydrogen-bond acceptors (Lipinski definition) is 2. The first-order valence-corrected chi connectivity index (χ1v) is 5.18. The van der Waals surface area contributed by atoms with E-state index >= 15 is 0 Å². The van der Waals surface area contributed by atoms with Crippen LogP contribution in [0.4, 0.5) is 10.3 Å². The highest BCUT2D eigenvalue weighted by molar-refractivity contribution is 9.10. The quantitative estimate of drug-likeness (QED) is 0.909. The Kier molecular flexibility index (Phi) is 2.73. The van der Waals surface area contributed by atoms with Crippen LogP contribution >= 0.6 is 15.9 Å². The Bertz CT molecular complexity index is 481. The second-order valence-electron chi connectivity index (χ2n) is 2.97. The van der Waals surface area contributed by atoms with Crippen LogP contribution in [0, 0.1) is 5.82 Å². The number of rotatable bonds is 2. The molecule has 0 amide bonds. The van der Waals surface area contributed by atoms with Crippen LogP contribution in [0.5, 0.6) is 0 Å². The summed E-state index contributed by atoms with van der Waals surface area (Å²) in [6, 6.07) is 4.94. The van der Waals surface area contributed by atoms with E-state index in [-0.39, 0.29) is 5.82 Å². The van der Waals surface area contributed by atoms with Crippen LogP contribution < -0.4 is 5.32 Å². The van der Waals surface area contributed by atoms with Gasteiger partial charge in [-0.3, -0.25) is 4.57 Å². The molecule has 15 heavy (non-hydrogen) atoms. The summed E-state index contributed by atoms with van der Waals surface area (Å²) in [5.41, 5.74) is 0.734. The van der Waals surface area contributed by atoms with Crippen LogP contribution in [0.15, 0.2) is 35.1 Å². The fraction of sp³-hybridized carbons (Fsp3) is 0.100. The van der Waals surface area contributed by atoms with Gasteiger partial charge in [0.05, 0.1) is 10.2 Å². The molecule has 0 atom stereocenters. The lowest BCUT2D eigenvalue weighted by atomic mass is 10.3. The number of nitrogens with one attached hydrogen (secondary N) is 1. The molecular weight excluding hydrogens is 261 g/mol. The van der Waals surface area contributed by atoms with Crippen LogP contribution in [0.2, 0.25) is 0 Å². The third-order valence-corrected chi connectivity index (χ3v) is 2.69. The van der Waals surface area contributed by atoms with E-state index in [1.165, 1.54) is 6.07 Å². The summed E-state index contributed by atoms with van der Waals surface area (Å²) in [7, 11) is 1.77. The van der Waals surface area contributed by atoms with Crippen LogP contribution in [-0.2, 0) is 0 Å². The fourth-order valence-corrected chi connectivity index (χ4v) is 1.58. The van der Waals surface area contributed by atoms with Crippen molar-refractivity contribution in [2.24, 2.45) is 0 Å². The average Bonchev–Trinajstić information content (AvgIpc) is 2.70. The summed E-state index contributed by atoms with van der Waals surface area (Å²) in [6.07, 6.45) is 3.43. The highest BCUT2D eigenvalue weighted by Gasteiger charge is 2.05. The summed E-state index contributed by atoms with van der Waals surface area (Å²) in [6.45, 7) is 0. The molecule has 0 saturated carbocycles. The Morgan fingerprint density at radius 2 is 2.27 bits per heavy atom. The van der Waals surface area contributed by atoms with Crippen molar-refractivity contribution in [2.45, 2.75) is 0 Å². The van der Waals surface area contributed by atoms with Crippen LogP contribution in [0.25, 0.3) is 5.69 Å². The number of nitrogens with zero attached hydrogens (tertiary/aromatic N) is 2. The monoisotopic (exact) mass is 269 g/mol. The summed E-state index contributed by atoms with van der Waals surface area (Å²) in [5, 5.41) is 2.93. The first kappa shape index (κ1) is 10.2. The fourth-order valence-electron chi connectivity index (χ4n) is 1.33. The predicted octanol–water partition coefficient (Wildman–Crippen LogP) is 2.82. The summed E-state index contributed by atoms with van der Waals surface area (Å²) < 4.78 is 15.5. The molecule has 1 N–H and O–H groups in total. The Balaban J connectivity index is 2.50. The van der Waals surface area contributed by atoms with Gasteiger partial charge < -0.3 is 5.32 Å². The van der Waals surface area contributed by atoms with Crippen molar-refractivity contribution in [2.75, 3.05) is 12.4 Å². The van der Waals surface area contributed by atoms with Gasteiger partial charge in [-0.15, -0.1) is 0 Å². The minimum absolute atomic E-state index is 0.289. The summed E-state index contributed by atoms with van der Waals surface area (Å²) >= 11 is 3.11. The maximum absolute atomic E-state index is 13.3. The number of imidazole rings is 1. The average molecular weight is 270 g/mol. The molecule has 2 rings (SSSR count). The zero-order chi connectivity index (χ0) is 10.8. The largest absolute Gasteiger partial charge is 0.358 e. The molecule has 0 fully saturated rings. The van der Waals surface area contributed by atoms with Crippen LogP contribution in [-0.4, -0.2) is 16.6 Å². The highest BCUT2D eigenvalue weighted by Crippen LogP contribution is 2.20. The van der Waals surface area contributed by atoms with Crippen molar-refractivity contribution in [3.8, 4) is 5.69 Å². The number of hydrogen-bond donors (Lipinski definition) is 1. The van der Waals surface area contributed by atoms with E-state index in [2.05, 4.69) is 26.2 Å². The second-order valence-corrected chi connectivity index (χ2v) is 3.82. The molecule has 3 nitrogen and oxygen atoms in total. The minimum atomic E-state index is -0.289. The van der Waals surface area contributed by atoms with Gasteiger partial charge in [0.1, 0.15) is 5.82 Å². The minimum Gasteiger partial charge on any atom is -0.358 e. The van der Waals surface area contributed by atoms with E-state index in [4.69, 9.17) is 0 Å². The molecule has 1 aromatic heterocycles. The highest BCUT2D eigenvalue weighted by atomic mass is 79.9. The van der Waals surface area contributed by atoms with E-state index in [1.807, 2.05) is 6.07 Å². The molecule has 2 aromatic rings. The van der Waals surface area contributed by atoms with Crippen LogP contribution in [0.3, 0.4) is 0 Å². The Hall–Kier alpha value is -1.36. The van der Waals surface area contributed by atoms with Gasteiger partial charge in [0.25, 0.3) is 0 Å². The number of aromatic nitrogens is 2. The topological polar surface area (TPSA) is 29.9 Å². The number of halogens is 2. The first-order chi connectivity index (χ1) is 7.22. The molecule has 0 aliphatic heterocycles. The lowest BCUT2D eigenvalue weighted by molar-refractivity contribution is 0.620. The maximum atomic E-state index is 13.3. The first-order valence-electron chi connectivity index (χ1n) is 4.39. The Labute approximate surface area is 95.1 Å². The van der Waals surface area contributed by atoms with Crippen molar-refractivity contribution in [3.63, 3.8) is 0 Å². The normalized spacial score (nSPS) is 10.3. The van der Waals surface area contributed by atoms with Crippen molar-refractivity contribution >= 4 is 21.9 Å². The van der Waals surface area contributed by atoms with Gasteiger partial charge >= 0.3 is 0 Å². The zero-order valence-corrected chi connectivity index (χ0v) is 9.62. The molecule has 0 spiro atoms. The number of anilines is 1. The van der Waals surface area contributed by atoms with E-state index in [9.17, 15) is 4.39 Å². The number of benzene rings is 1. The Morgan fingerprint density at radius 3 is 2.93 bits per heavy atom. The molecule has 0 saturated heterocycles. The van der Waals surface area contributed by atoms with Crippen molar-refractivity contribution in [3.05, 3.63) is 40.9 Å². The third kappa shape index (κ3) is 1.87. The SMILES string of the molecule is CNc1nccn1-c1ccc(Br)c(F)c1. The van der Waals surface area contributed by atoms with Gasteiger partial charge in [0, 0.05) is 19.4 Å². The molecule has 78 valence electrons. The van der Waals surface area contributed by atoms with Gasteiger partial charge in [0.15, 0.2) is 0 Å². The molecule has 0 radical (unpaired) electrons. The zero-order valence-electron chi connectivity index (χ0n) is 8.04. The predicted molar refractivity (Wildman–Crippen MR) is 60.8 cm³/mol. The Morgan fingerprint density at radius 1 is 1.47 bits per heavy atom. The molecule has 5 heteroatoms. The van der Waals surface area contributed by atoms with E-state index in [1.54, 1.807) is 30.1 Å².